The molecule has 0 saturated carbocycles. The predicted molar refractivity (Wildman–Crippen MR) is 100 cm³/mol. The highest BCUT2D eigenvalue weighted by Crippen LogP contribution is 2.27. The molecule has 0 bridgehead atoms. The van der Waals surface area contributed by atoms with Crippen LogP contribution >= 0.6 is 23.2 Å². The van der Waals surface area contributed by atoms with E-state index in [1.165, 1.54) is 0 Å². The Morgan fingerprint density at radius 3 is 2.81 bits per heavy atom. The molecule has 0 aliphatic heterocycles. The van der Waals surface area contributed by atoms with Crippen molar-refractivity contribution in [3.05, 3.63) is 64.4 Å². The van der Waals surface area contributed by atoms with E-state index in [9.17, 15) is 4.79 Å². The number of ether oxygens (including phenoxy) is 1. The highest BCUT2D eigenvalue weighted by molar-refractivity contribution is 6.35. The molecule has 8 heteroatoms. The molecule has 1 aromatic carbocycles. The van der Waals surface area contributed by atoms with Crippen LogP contribution in [0.15, 0.2) is 48.7 Å². The molecule has 0 atom stereocenters. The van der Waals surface area contributed by atoms with Crippen molar-refractivity contribution in [1.82, 2.24) is 20.1 Å². The summed E-state index contributed by atoms with van der Waals surface area (Å²) in [5.41, 5.74) is 2.42. The Morgan fingerprint density at radius 1 is 1.23 bits per heavy atom. The zero-order chi connectivity index (χ0) is 18.5. The van der Waals surface area contributed by atoms with Gasteiger partial charge in [0, 0.05) is 18.3 Å². The average Bonchev–Trinajstić information content (AvgIpc) is 3.01. The summed E-state index contributed by atoms with van der Waals surface area (Å²) >= 11 is 11.8. The number of halogens is 2. The number of hydrogen-bond acceptors (Lipinski definition) is 4. The fraction of sp³-hybridized carbons (Fsp3) is 0.167. The second-order valence-electron chi connectivity index (χ2n) is 5.50. The van der Waals surface area contributed by atoms with Crippen LogP contribution in [0.4, 0.5) is 0 Å². The van der Waals surface area contributed by atoms with Gasteiger partial charge in [-0.1, -0.05) is 29.3 Å². The molecule has 2 aromatic heterocycles. The standard InChI is InChI=1S/C18H16Cl2N4O2/c1-24-16(15-4-2-3-7-21-15)9-13(23-24)10-22-18(25)11-26-17-6-5-12(19)8-14(17)20/h2-9H,10-11H2,1H3,(H,22,25). The van der Waals surface area contributed by atoms with Crippen LogP contribution in [-0.2, 0) is 18.4 Å². The summed E-state index contributed by atoms with van der Waals surface area (Å²) in [6.07, 6.45) is 1.73. The lowest BCUT2D eigenvalue weighted by Gasteiger charge is -2.08. The molecule has 0 aliphatic rings. The lowest BCUT2D eigenvalue weighted by atomic mass is 10.2. The first-order valence-corrected chi connectivity index (χ1v) is 8.57. The molecule has 0 fully saturated rings. The molecule has 0 radical (unpaired) electrons. The third kappa shape index (κ3) is 4.53. The van der Waals surface area contributed by atoms with Crippen molar-refractivity contribution in [2.24, 2.45) is 7.05 Å². The molecule has 0 saturated heterocycles. The largest absolute Gasteiger partial charge is 0.482 e. The van der Waals surface area contributed by atoms with Gasteiger partial charge < -0.3 is 10.1 Å². The first-order chi connectivity index (χ1) is 12.5. The number of pyridine rings is 1. The van der Waals surface area contributed by atoms with E-state index >= 15 is 0 Å². The molecular formula is C18H16Cl2N4O2. The summed E-state index contributed by atoms with van der Waals surface area (Å²) in [6.45, 7) is 0.137. The first-order valence-electron chi connectivity index (χ1n) is 7.82. The van der Waals surface area contributed by atoms with Gasteiger partial charge in [0.25, 0.3) is 5.91 Å². The van der Waals surface area contributed by atoms with Crippen molar-refractivity contribution in [1.29, 1.82) is 0 Å². The number of carbonyl (C=O) groups excluding carboxylic acids is 1. The zero-order valence-electron chi connectivity index (χ0n) is 13.9. The van der Waals surface area contributed by atoms with Gasteiger partial charge in [-0.3, -0.25) is 14.5 Å². The van der Waals surface area contributed by atoms with E-state index in [1.54, 1.807) is 29.1 Å². The average molecular weight is 391 g/mol. The van der Waals surface area contributed by atoms with Gasteiger partial charge in [0.1, 0.15) is 5.75 Å². The van der Waals surface area contributed by atoms with Gasteiger partial charge in [-0.05, 0) is 36.4 Å². The van der Waals surface area contributed by atoms with E-state index in [4.69, 9.17) is 27.9 Å². The smallest absolute Gasteiger partial charge is 0.258 e. The van der Waals surface area contributed by atoms with E-state index in [-0.39, 0.29) is 19.1 Å². The topological polar surface area (TPSA) is 69.0 Å². The Kier molecular flexibility index (Phi) is 5.75. The van der Waals surface area contributed by atoms with E-state index in [1.807, 2.05) is 31.3 Å². The third-order valence-electron chi connectivity index (χ3n) is 3.58. The molecule has 134 valence electrons. The minimum Gasteiger partial charge on any atom is -0.482 e. The Hall–Kier alpha value is -2.57. The van der Waals surface area contributed by atoms with Crippen molar-refractivity contribution in [2.75, 3.05) is 6.61 Å². The number of nitrogens with one attached hydrogen (secondary N) is 1. The molecule has 3 aromatic rings. The molecule has 0 spiro atoms. The summed E-state index contributed by atoms with van der Waals surface area (Å²) in [5.74, 6) is 0.127. The summed E-state index contributed by atoms with van der Waals surface area (Å²) in [4.78, 5) is 16.3. The summed E-state index contributed by atoms with van der Waals surface area (Å²) in [7, 11) is 1.83. The number of aryl methyl sites for hydroxylation is 1. The Labute approximate surface area is 160 Å². The maximum Gasteiger partial charge on any atom is 0.258 e. The fourth-order valence-corrected chi connectivity index (χ4v) is 2.81. The molecular weight excluding hydrogens is 375 g/mol. The zero-order valence-corrected chi connectivity index (χ0v) is 15.5. The summed E-state index contributed by atoms with van der Waals surface area (Å²) in [6, 6.07) is 12.4. The first kappa shape index (κ1) is 18.2. The van der Waals surface area contributed by atoms with Crippen LogP contribution in [0.3, 0.4) is 0 Å². The van der Waals surface area contributed by atoms with E-state index in [0.29, 0.717) is 15.8 Å². The third-order valence-corrected chi connectivity index (χ3v) is 4.11. The van der Waals surface area contributed by atoms with Gasteiger partial charge >= 0.3 is 0 Å². The Morgan fingerprint density at radius 2 is 2.08 bits per heavy atom. The summed E-state index contributed by atoms with van der Waals surface area (Å²) < 4.78 is 7.13. The van der Waals surface area contributed by atoms with Crippen LogP contribution < -0.4 is 10.1 Å². The van der Waals surface area contributed by atoms with E-state index in [2.05, 4.69) is 15.4 Å². The lowest BCUT2D eigenvalue weighted by Crippen LogP contribution is -2.28. The molecule has 6 nitrogen and oxygen atoms in total. The molecule has 0 aliphatic carbocycles. The van der Waals surface area contributed by atoms with Crippen LogP contribution in [-0.4, -0.2) is 27.3 Å². The van der Waals surface area contributed by atoms with Gasteiger partial charge in [-0.25, -0.2) is 0 Å². The number of carbonyl (C=O) groups is 1. The molecule has 1 N–H and O–H groups in total. The maximum absolute atomic E-state index is 12.0. The number of nitrogens with zero attached hydrogens (tertiary/aromatic N) is 3. The molecule has 1 amide bonds. The molecule has 3 rings (SSSR count). The Balaban J connectivity index is 1.55. The fourth-order valence-electron chi connectivity index (χ4n) is 2.34. The van der Waals surface area contributed by atoms with Gasteiger partial charge in [0.2, 0.25) is 0 Å². The number of benzene rings is 1. The van der Waals surface area contributed by atoms with E-state index < -0.39 is 0 Å². The highest BCUT2D eigenvalue weighted by atomic mass is 35.5. The van der Waals surface area contributed by atoms with Gasteiger partial charge in [-0.15, -0.1) is 0 Å². The number of aromatic nitrogens is 3. The maximum atomic E-state index is 12.0. The molecule has 26 heavy (non-hydrogen) atoms. The van der Waals surface area contributed by atoms with Crippen molar-refractivity contribution in [3.63, 3.8) is 0 Å². The van der Waals surface area contributed by atoms with Gasteiger partial charge in [0.05, 0.1) is 28.6 Å². The number of hydrogen-bond donors (Lipinski definition) is 1. The second kappa shape index (κ2) is 8.21. The van der Waals surface area contributed by atoms with Gasteiger partial charge in [0.15, 0.2) is 6.61 Å². The quantitative estimate of drug-likeness (QED) is 0.699. The van der Waals surface area contributed by atoms with Crippen LogP contribution in [0.25, 0.3) is 11.4 Å². The van der Waals surface area contributed by atoms with Crippen LogP contribution in [0.1, 0.15) is 5.69 Å². The lowest BCUT2D eigenvalue weighted by molar-refractivity contribution is -0.123. The normalized spacial score (nSPS) is 10.6. The minimum absolute atomic E-state index is 0.152. The van der Waals surface area contributed by atoms with Crippen molar-refractivity contribution >= 4 is 29.1 Å². The van der Waals surface area contributed by atoms with Crippen LogP contribution in [0.5, 0.6) is 5.75 Å². The predicted octanol–water partition coefficient (Wildman–Crippen LogP) is 3.48. The highest BCUT2D eigenvalue weighted by Gasteiger charge is 2.10. The molecule has 2 heterocycles. The van der Waals surface area contributed by atoms with Gasteiger partial charge in [-0.2, -0.15) is 5.10 Å². The van der Waals surface area contributed by atoms with Crippen LogP contribution in [0, 0.1) is 0 Å². The Bertz CT molecular complexity index is 913. The number of rotatable bonds is 6. The van der Waals surface area contributed by atoms with Crippen molar-refractivity contribution in [3.8, 4) is 17.1 Å². The number of amides is 1. The second-order valence-corrected chi connectivity index (χ2v) is 6.34. The van der Waals surface area contributed by atoms with Crippen LogP contribution in [0.2, 0.25) is 10.0 Å². The van der Waals surface area contributed by atoms with Crippen molar-refractivity contribution in [2.45, 2.75) is 6.54 Å². The van der Waals surface area contributed by atoms with E-state index in [0.717, 1.165) is 17.1 Å². The SMILES string of the molecule is Cn1nc(CNC(=O)COc2ccc(Cl)cc2Cl)cc1-c1ccccn1. The molecule has 0 unspecified atom stereocenters. The monoisotopic (exact) mass is 390 g/mol. The van der Waals surface area contributed by atoms with Crippen molar-refractivity contribution < 1.29 is 9.53 Å². The summed E-state index contributed by atoms with van der Waals surface area (Å²) in [5, 5.41) is 8.01. The minimum atomic E-state index is -0.277.